The molecular formula is C27H30N4O3. The van der Waals surface area contributed by atoms with Gasteiger partial charge in [-0.05, 0) is 51.2 Å². The fourth-order valence-corrected chi connectivity index (χ4v) is 5.27. The number of aromatic nitrogens is 2. The van der Waals surface area contributed by atoms with Crippen molar-refractivity contribution in [3.05, 3.63) is 71.1 Å². The number of benzene rings is 2. The van der Waals surface area contributed by atoms with E-state index in [0.717, 1.165) is 42.6 Å². The van der Waals surface area contributed by atoms with E-state index in [-0.39, 0.29) is 29.7 Å². The molecule has 2 fully saturated rings. The number of carbonyl (C=O) groups excluding carboxylic acids is 2. The Morgan fingerprint density at radius 1 is 1.03 bits per heavy atom. The predicted octanol–water partition coefficient (Wildman–Crippen LogP) is 4.27. The highest BCUT2D eigenvalue weighted by molar-refractivity contribution is 5.96. The molecule has 1 saturated carbocycles. The molecule has 3 atom stereocenters. The summed E-state index contributed by atoms with van der Waals surface area (Å²) in [5.41, 5.74) is 3.56. The first-order chi connectivity index (χ1) is 16.5. The molecule has 1 aliphatic heterocycles. The van der Waals surface area contributed by atoms with E-state index in [1.165, 1.54) is 0 Å². The molecule has 3 aromatic rings. The zero-order valence-corrected chi connectivity index (χ0v) is 19.7. The Hall–Kier alpha value is -3.48. The lowest BCUT2D eigenvalue weighted by molar-refractivity contribution is -0.134. The maximum Gasteiger partial charge on any atom is 0.251 e. The minimum Gasteiger partial charge on any atom is -0.348 e. The van der Waals surface area contributed by atoms with E-state index in [4.69, 9.17) is 4.52 Å². The third-order valence-corrected chi connectivity index (χ3v) is 7.06. The maximum absolute atomic E-state index is 13.2. The average molecular weight is 459 g/mol. The summed E-state index contributed by atoms with van der Waals surface area (Å²) < 4.78 is 5.68. The molecule has 2 heterocycles. The molecule has 0 bridgehead atoms. The molecule has 1 saturated heterocycles. The number of rotatable bonds is 5. The largest absolute Gasteiger partial charge is 0.348 e. The first kappa shape index (κ1) is 22.3. The van der Waals surface area contributed by atoms with Gasteiger partial charge < -0.3 is 14.7 Å². The summed E-state index contributed by atoms with van der Waals surface area (Å²) in [4.78, 5) is 33.0. The van der Waals surface area contributed by atoms with Gasteiger partial charge in [-0.15, -0.1) is 0 Å². The number of aryl methyl sites for hydroxylation is 2. The molecule has 1 N–H and O–H groups in total. The second-order valence-corrected chi connectivity index (χ2v) is 9.53. The molecule has 34 heavy (non-hydrogen) atoms. The van der Waals surface area contributed by atoms with Crippen LogP contribution in [0.25, 0.3) is 11.4 Å². The lowest BCUT2D eigenvalue weighted by atomic mass is 10.0. The highest BCUT2D eigenvalue weighted by Crippen LogP contribution is 2.40. The second-order valence-electron chi connectivity index (χ2n) is 9.53. The van der Waals surface area contributed by atoms with Gasteiger partial charge in [0, 0.05) is 36.2 Å². The van der Waals surface area contributed by atoms with Crippen LogP contribution < -0.4 is 5.32 Å². The van der Waals surface area contributed by atoms with E-state index >= 15 is 0 Å². The molecule has 2 aromatic carbocycles. The van der Waals surface area contributed by atoms with E-state index in [9.17, 15) is 9.59 Å². The van der Waals surface area contributed by atoms with Gasteiger partial charge in [0.2, 0.25) is 17.6 Å². The molecule has 0 unspecified atom stereocenters. The molecule has 2 aliphatic rings. The van der Waals surface area contributed by atoms with E-state index in [1.807, 2.05) is 67.3 Å². The molecular weight excluding hydrogens is 428 g/mol. The van der Waals surface area contributed by atoms with Crippen molar-refractivity contribution in [2.75, 3.05) is 13.1 Å². The smallest absolute Gasteiger partial charge is 0.251 e. The number of hydrogen-bond donors (Lipinski definition) is 1. The SMILES string of the molecule is Cc1ccc(C(=O)N[C@H]2C[C@H](C(=O)N3CCCC3)C[C@H]2c2nc(-c3ccccc3)no2)c(C)c1. The van der Waals surface area contributed by atoms with Crippen LogP contribution in [0.5, 0.6) is 0 Å². The summed E-state index contributed by atoms with van der Waals surface area (Å²) in [5.74, 6) is 0.653. The Balaban J connectivity index is 1.40. The normalized spacial score (nSPS) is 22.2. The Morgan fingerprint density at radius 2 is 1.79 bits per heavy atom. The summed E-state index contributed by atoms with van der Waals surface area (Å²) in [6.07, 6.45) is 3.26. The van der Waals surface area contributed by atoms with Crippen LogP contribution in [0.15, 0.2) is 53.1 Å². The van der Waals surface area contributed by atoms with Gasteiger partial charge in [0.05, 0.1) is 5.92 Å². The molecule has 7 nitrogen and oxygen atoms in total. The predicted molar refractivity (Wildman–Crippen MR) is 128 cm³/mol. The van der Waals surface area contributed by atoms with E-state index in [1.54, 1.807) is 0 Å². The maximum atomic E-state index is 13.2. The Morgan fingerprint density at radius 3 is 2.53 bits per heavy atom. The van der Waals surface area contributed by atoms with Crippen LogP contribution in [0, 0.1) is 19.8 Å². The van der Waals surface area contributed by atoms with Gasteiger partial charge >= 0.3 is 0 Å². The van der Waals surface area contributed by atoms with Gasteiger partial charge in [-0.1, -0.05) is 53.2 Å². The molecule has 2 amide bonds. The van der Waals surface area contributed by atoms with Crippen molar-refractivity contribution in [2.24, 2.45) is 5.92 Å². The van der Waals surface area contributed by atoms with E-state index in [0.29, 0.717) is 30.1 Å². The number of amides is 2. The van der Waals surface area contributed by atoms with Crippen LogP contribution in [-0.2, 0) is 4.79 Å². The summed E-state index contributed by atoms with van der Waals surface area (Å²) in [6, 6.07) is 15.2. The topological polar surface area (TPSA) is 88.3 Å². The summed E-state index contributed by atoms with van der Waals surface area (Å²) in [5, 5.41) is 7.37. The Labute approximate surface area is 199 Å². The van der Waals surface area contributed by atoms with Crippen molar-refractivity contribution in [3.63, 3.8) is 0 Å². The van der Waals surface area contributed by atoms with Crippen LogP contribution in [0.4, 0.5) is 0 Å². The number of nitrogens with zero attached hydrogens (tertiary/aromatic N) is 3. The molecule has 1 aliphatic carbocycles. The van der Waals surface area contributed by atoms with Crippen LogP contribution in [0.3, 0.4) is 0 Å². The number of carbonyl (C=O) groups is 2. The van der Waals surface area contributed by atoms with Gasteiger partial charge in [-0.2, -0.15) is 4.98 Å². The molecule has 0 spiro atoms. The minimum atomic E-state index is -0.256. The highest BCUT2D eigenvalue weighted by atomic mass is 16.5. The van der Waals surface area contributed by atoms with Crippen LogP contribution in [0.1, 0.15) is 59.0 Å². The quantitative estimate of drug-likeness (QED) is 0.617. The van der Waals surface area contributed by atoms with Crippen molar-refractivity contribution in [1.82, 2.24) is 20.4 Å². The summed E-state index contributed by atoms with van der Waals surface area (Å²) in [7, 11) is 0. The lowest BCUT2D eigenvalue weighted by Crippen LogP contribution is -2.38. The lowest BCUT2D eigenvalue weighted by Gasteiger charge is -2.20. The van der Waals surface area contributed by atoms with Gasteiger partial charge in [0.25, 0.3) is 5.91 Å². The van der Waals surface area contributed by atoms with Crippen LogP contribution >= 0.6 is 0 Å². The minimum absolute atomic E-state index is 0.135. The van der Waals surface area contributed by atoms with Crippen molar-refractivity contribution in [2.45, 2.75) is 51.5 Å². The standard InChI is InChI=1S/C27H30N4O3/c1-17-10-11-21(18(2)14-17)25(32)28-23-16-20(27(33)31-12-6-7-13-31)15-22(23)26-29-24(30-34-26)19-8-4-3-5-9-19/h3-5,8-11,14,20,22-23H,6-7,12-13,15-16H2,1-2H3,(H,28,32)/t20-,22-,23+/m1/s1. The molecule has 5 rings (SSSR count). The first-order valence-corrected chi connectivity index (χ1v) is 12.1. The Kier molecular flexibility index (Phi) is 6.18. The van der Waals surface area contributed by atoms with E-state index in [2.05, 4.69) is 15.5 Å². The highest BCUT2D eigenvalue weighted by Gasteiger charge is 2.44. The zero-order chi connectivity index (χ0) is 23.7. The third kappa shape index (κ3) is 4.47. The number of likely N-dealkylation sites (tertiary alicyclic amines) is 1. The monoisotopic (exact) mass is 458 g/mol. The second kappa shape index (κ2) is 9.41. The van der Waals surface area contributed by atoms with Crippen molar-refractivity contribution >= 4 is 11.8 Å². The van der Waals surface area contributed by atoms with Crippen molar-refractivity contribution in [1.29, 1.82) is 0 Å². The average Bonchev–Trinajstić information content (AvgIpc) is 3.60. The molecule has 1 aromatic heterocycles. The van der Waals surface area contributed by atoms with Crippen LogP contribution in [0.2, 0.25) is 0 Å². The van der Waals surface area contributed by atoms with Gasteiger partial charge in [0.15, 0.2) is 0 Å². The van der Waals surface area contributed by atoms with Crippen molar-refractivity contribution < 1.29 is 14.1 Å². The Bertz CT molecular complexity index is 1180. The molecule has 176 valence electrons. The van der Waals surface area contributed by atoms with E-state index < -0.39 is 0 Å². The van der Waals surface area contributed by atoms with Crippen LogP contribution in [-0.4, -0.2) is 46.0 Å². The summed E-state index contributed by atoms with van der Waals surface area (Å²) in [6.45, 7) is 5.59. The zero-order valence-electron chi connectivity index (χ0n) is 19.7. The third-order valence-electron chi connectivity index (χ3n) is 7.06. The first-order valence-electron chi connectivity index (χ1n) is 12.1. The van der Waals surface area contributed by atoms with Crippen molar-refractivity contribution in [3.8, 4) is 11.4 Å². The fourth-order valence-electron chi connectivity index (χ4n) is 5.27. The molecule has 7 heteroatoms. The van der Waals surface area contributed by atoms with Gasteiger partial charge in [-0.3, -0.25) is 9.59 Å². The summed E-state index contributed by atoms with van der Waals surface area (Å²) >= 11 is 0. The van der Waals surface area contributed by atoms with Gasteiger partial charge in [-0.25, -0.2) is 0 Å². The molecule has 0 radical (unpaired) electrons. The number of nitrogens with one attached hydrogen (secondary N) is 1. The fraction of sp³-hybridized carbons (Fsp3) is 0.407. The van der Waals surface area contributed by atoms with Gasteiger partial charge in [0.1, 0.15) is 0 Å². The number of hydrogen-bond acceptors (Lipinski definition) is 5.